The SMILES string of the molecule is CO[PH](=O)O[Si](C)(C)O[PH](=O)OC. The Labute approximate surface area is 79.7 Å². The van der Waals surface area contributed by atoms with Crippen LogP contribution in [0.4, 0.5) is 0 Å². The highest BCUT2D eigenvalue weighted by Crippen LogP contribution is 2.35. The van der Waals surface area contributed by atoms with E-state index in [1.54, 1.807) is 13.1 Å². The molecule has 2 atom stereocenters. The quantitative estimate of drug-likeness (QED) is 0.527. The molecule has 0 N–H and O–H groups in total. The maximum Gasteiger partial charge on any atom is 0.347 e. The molecule has 0 aromatic rings. The third-order valence-corrected chi connectivity index (χ3v) is 6.92. The molecule has 2 unspecified atom stereocenters. The third-order valence-electron chi connectivity index (χ3n) is 0.992. The molecule has 0 aliphatic rings. The minimum absolute atomic E-state index is 1.27. The van der Waals surface area contributed by atoms with Crippen molar-refractivity contribution in [3.8, 4) is 0 Å². The third kappa shape index (κ3) is 6.57. The summed E-state index contributed by atoms with van der Waals surface area (Å²) in [6, 6.07) is 0. The molecular formula is C4H14O6P2Si. The highest BCUT2D eigenvalue weighted by molar-refractivity contribution is 7.38. The van der Waals surface area contributed by atoms with Gasteiger partial charge in [-0.05, 0) is 13.1 Å². The van der Waals surface area contributed by atoms with Gasteiger partial charge in [-0.15, -0.1) is 0 Å². The van der Waals surface area contributed by atoms with Gasteiger partial charge in [-0.3, -0.25) is 9.13 Å². The number of hydrogen-bond acceptors (Lipinski definition) is 6. The topological polar surface area (TPSA) is 71.1 Å². The standard InChI is InChI=1S/C4H14O6P2Si/c1-7-11(5)9-13(3,4)10-12(6)8-2/h11-12H,1-4H3. The Balaban J connectivity index is 4.07. The smallest absolute Gasteiger partial charge is 0.325 e. The summed E-state index contributed by atoms with van der Waals surface area (Å²) < 4.78 is 40.5. The Hall–Kier alpha value is 0.517. The molecule has 0 spiro atoms. The Bertz CT molecular complexity index is 187. The van der Waals surface area contributed by atoms with Gasteiger partial charge in [-0.1, -0.05) is 0 Å². The summed E-state index contributed by atoms with van der Waals surface area (Å²) in [6.45, 7) is 3.21. The first-order chi connectivity index (χ1) is 5.91. The van der Waals surface area contributed by atoms with E-state index < -0.39 is 25.1 Å². The summed E-state index contributed by atoms with van der Waals surface area (Å²) in [5.41, 5.74) is 0. The average Bonchev–Trinajstić information content (AvgIpc) is 2.02. The number of hydrogen-bond donors (Lipinski definition) is 0. The van der Waals surface area contributed by atoms with Crippen LogP contribution in [0.2, 0.25) is 13.1 Å². The largest absolute Gasteiger partial charge is 0.347 e. The molecule has 80 valence electrons. The summed E-state index contributed by atoms with van der Waals surface area (Å²) >= 11 is 0. The maximum absolute atomic E-state index is 10.9. The summed E-state index contributed by atoms with van der Waals surface area (Å²) in [7, 11) is -5.18. The second-order valence-electron chi connectivity index (χ2n) is 2.51. The molecular weight excluding hydrogens is 234 g/mol. The van der Waals surface area contributed by atoms with Crippen molar-refractivity contribution < 1.29 is 26.6 Å². The number of rotatable bonds is 6. The van der Waals surface area contributed by atoms with E-state index in [0.29, 0.717) is 0 Å². The monoisotopic (exact) mass is 248 g/mol. The van der Waals surface area contributed by atoms with E-state index in [1.165, 1.54) is 14.2 Å². The van der Waals surface area contributed by atoms with Crippen LogP contribution in [0.25, 0.3) is 0 Å². The van der Waals surface area contributed by atoms with Crippen LogP contribution in [-0.2, 0) is 26.6 Å². The van der Waals surface area contributed by atoms with E-state index in [4.69, 9.17) is 8.43 Å². The van der Waals surface area contributed by atoms with E-state index >= 15 is 0 Å². The van der Waals surface area contributed by atoms with Gasteiger partial charge >= 0.3 is 25.1 Å². The van der Waals surface area contributed by atoms with Gasteiger partial charge < -0.3 is 17.5 Å². The minimum Gasteiger partial charge on any atom is -0.325 e. The highest BCUT2D eigenvalue weighted by Gasteiger charge is 2.30. The molecule has 9 heteroatoms. The van der Waals surface area contributed by atoms with Crippen LogP contribution in [0, 0.1) is 0 Å². The van der Waals surface area contributed by atoms with Crippen LogP contribution in [0.3, 0.4) is 0 Å². The predicted molar refractivity (Wildman–Crippen MR) is 51.7 cm³/mol. The lowest BCUT2D eigenvalue weighted by atomic mass is 11.8. The summed E-state index contributed by atoms with van der Waals surface area (Å²) in [5.74, 6) is 0. The second-order valence-corrected chi connectivity index (χ2v) is 8.76. The van der Waals surface area contributed by atoms with Crippen molar-refractivity contribution in [3.63, 3.8) is 0 Å². The van der Waals surface area contributed by atoms with Crippen molar-refractivity contribution in [2.24, 2.45) is 0 Å². The second kappa shape index (κ2) is 6.09. The zero-order valence-corrected chi connectivity index (χ0v) is 10.9. The molecule has 0 amide bonds. The molecule has 0 aliphatic heterocycles. The lowest BCUT2D eigenvalue weighted by Crippen LogP contribution is -2.29. The van der Waals surface area contributed by atoms with E-state index in [2.05, 4.69) is 9.05 Å². The fraction of sp³-hybridized carbons (Fsp3) is 1.00. The molecule has 0 radical (unpaired) electrons. The molecule has 0 aromatic heterocycles. The first-order valence-electron chi connectivity index (χ1n) is 3.45. The van der Waals surface area contributed by atoms with E-state index in [-0.39, 0.29) is 0 Å². The Morgan fingerprint density at radius 3 is 1.46 bits per heavy atom. The summed E-state index contributed by atoms with van der Waals surface area (Å²) in [4.78, 5) is 0. The summed E-state index contributed by atoms with van der Waals surface area (Å²) in [6.07, 6.45) is 0. The van der Waals surface area contributed by atoms with Crippen molar-refractivity contribution in [1.29, 1.82) is 0 Å². The van der Waals surface area contributed by atoms with Gasteiger partial charge in [-0.2, -0.15) is 0 Å². The Kier molecular flexibility index (Phi) is 6.33. The molecule has 0 bridgehead atoms. The van der Waals surface area contributed by atoms with Crippen molar-refractivity contribution in [2.75, 3.05) is 14.2 Å². The van der Waals surface area contributed by atoms with Gasteiger partial charge in [-0.25, -0.2) is 0 Å². The van der Waals surface area contributed by atoms with Crippen LogP contribution in [-0.4, -0.2) is 22.8 Å². The zero-order chi connectivity index (χ0) is 10.5. The molecule has 0 saturated heterocycles. The molecule has 0 saturated carbocycles. The Morgan fingerprint density at radius 2 is 1.23 bits per heavy atom. The van der Waals surface area contributed by atoms with E-state index in [1.807, 2.05) is 0 Å². The first-order valence-corrected chi connectivity index (χ1v) is 8.72. The molecule has 6 nitrogen and oxygen atoms in total. The fourth-order valence-corrected chi connectivity index (χ4v) is 4.92. The molecule has 0 aliphatic carbocycles. The molecule has 0 fully saturated rings. The van der Waals surface area contributed by atoms with Crippen molar-refractivity contribution >= 4 is 25.1 Å². The average molecular weight is 248 g/mol. The normalized spacial score (nSPS) is 16.9. The van der Waals surface area contributed by atoms with Crippen molar-refractivity contribution in [1.82, 2.24) is 0 Å². The fourth-order valence-electron chi connectivity index (χ4n) is 0.506. The van der Waals surface area contributed by atoms with E-state index in [9.17, 15) is 9.13 Å². The van der Waals surface area contributed by atoms with Gasteiger partial charge in [0.05, 0.1) is 0 Å². The van der Waals surface area contributed by atoms with Crippen LogP contribution in [0.1, 0.15) is 0 Å². The van der Waals surface area contributed by atoms with Crippen LogP contribution < -0.4 is 0 Å². The molecule has 0 heterocycles. The summed E-state index contributed by atoms with van der Waals surface area (Å²) in [5, 5.41) is 0. The van der Waals surface area contributed by atoms with Gasteiger partial charge in [0.2, 0.25) is 0 Å². The van der Waals surface area contributed by atoms with Gasteiger partial charge in [0.25, 0.3) is 0 Å². The van der Waals surface area contributed by atoms with Crippen molar-refractivity contribution in [2.45, 2.75) is 13.1 Å². The van der Waals surface area contributed by atoms with Crippen LogP contribution >= 0.6 is 16.5 Å². The van der Waals surface area contributed by atoms with Gasteiger partial charge in [0.1, 0.15) is 0 Å². The molecule has 0 rings (SSSR count). The van der Waals surface area contributed by atoms with Crippen LogP contribution in [0.15, 0.2) is 0 Å². The lowest BCUT2D eigenvalue weighted by Gasteiger charge is -2.20. The van der Waals surface area contributed by atoms with Crippen molar-refractivity contribution in [3.05, 3.63) is 0 Å². The molecule has 0 aromatic carbocycles. The Morgan fingerprint density at radius 1 is 0.923 bits per heavy atom. The molecule has 13 heavy (non-hydrogen) atoms. The highest BCUT2D eigenvalue weighted by atomic mass is 31.1. The van der Waals surface area contributed by atoms with Gasteiger partial charge in [0, 0.05) is 14.2 Å². The van der Waals surface area contributed by atoms with Gasteiger partial charge in [0.15, 0.2) is 0 Å². The lowest BCUT2D eigenvalue weighted by molar-refractivity contribution is 0.295. The predicted octanol–water partition coefficient (Wildman–Crippen LogP) is 1.79. The van der Waals surface area contributed by atoms with E-state index in [0.717, 1.165) is 0 Å². The minimum atomic E-state index is -2.66. The first kappa shape index (κ1) is 13.5. The van der Waals surface area contributed by atoms with Crippen LogP contribution in [0.5, 0.6) is 0 Å². The zero-order valence-electron chi connectivity index (χ0n) is 7.95. The maximum atomic E-state index is 10.9.